The molecule has 0 spiro atoms. The summed E-state index contributed by atoms with van der Waals surface area (Å²) in [5, 5.41) is 5.10. The average Bonchev–Trinajstić information content (AvgIpc) is 3.09. The monoisotopic (exact) mass is 878 g/mol. The van der Waals surface area contributed by atoms with Crippen molar-refractivity contribution >= 4 is 59.4 Å². The van der Waals surface area contributed by atoms with Gasteiger partial charge in [0.1, 0.15) is 29.1 Å². The van der Waals surface area contributed by atoms with Gasteiger partial charge in [-0.15, -0.1) is 0 Å². The van der Waals surface area contributed by atoms with Gasteiger partial charge in [-0.3, -0.25) is 20.2 Å². The lowest BCUT2D eigenvalue weighted by molar-refractivity contribution is -0.191. The molecule has 3 rings (SSSR count). The molecule has 16 heteroatoms. The molecule has 0 saturated heterocycles. The summed E-state index contributed by atoms with van der Waals surface area (Å²) in [6, 6.07) is 16.7. The number of carbonyl (C=O) groups excluding carboxylic acids is 7. The van der Waals surface area contributed by atoms with Gasteiger partial charge in [0.2, 0.25) is 11.9 Å². The molecule has 62 heavy (non-hydrogen) atoms. The third-order valence-corrected chi connectivity index (χ3v) is 8.35. The van der Waals surface area contributed by atoms with E-state index >= 15 is 0 Å². The third kappa shape index (κ3) is 19.6. The predicted octanol–water partition coefficient (Wildman–Crippen LogP) is 8.92. The molecule has 0 saturated carbocycles. The van der Waals surface area contributed by atoms with Gasteiger partial charge in [-0.25, -0.2) is 19.4 Å². The predicted molar refractivity (Wildman–Crippen MR) is 233 cm³/mol. The Morgan fingerprint density at radius 2 is 1.26 bits per heavy atom. The van der Waals surface area contributed by atoms with Crippen LogP contribution in [0.25, 0.3) is 0 Å². The van der Waals surface area contributed by atoms with Crippen LogP contribution in [-0.4, -0.2) is 70.4 Å². The van der Waals surface area contributed by atoms with E-state index in [1.807, 2.05) is 12.1 Å². The summed E-state index contributed by atoms with van der Waals surface area (Å²) in [5.74, 6) is -1.50. The number of guanidine groups is 1. The number of benzene rings is 3. The van der Waals surface area contributed by atoms with Gasteiger partial charge < -0.3 is 23.8 Å². The van der Waals surface area contributed by atoms with Crippen LogP contribution in [0.4, 0.5) is 15.3 Å². The number of carbonyl (C=O) groups is 5. The van der Waals surface area contributed by atoms with Crippen LogP contribution in [0.15, 0.2) is 65.7 Å². The standard InChI is InChI=1S/C45H59ClN4O9.CO2/c1-28-14-15-29(24-34(28)42(2,3)4)26-50(27-37(52)57-43(5,6)7)36(51)23-19-30-18-22-33(25-35(30)46)56-38(53)31-16-20-32(21-17-31)47-39(48-40(54)58-44(8,9)10)49-41(55)59-45(11,12)13;2-1-3/h14-18,20-22,24-25H,19,23,26-27H2,1-13H3,(H2,47,48,49,54,55);. The third-order valence-electron chi connectivity index (χ3n) is 8.00. The Morgan fingerprint density at radius 1 is 0.726 bits per heavy atom. The number of nitrogens with one attached hydrogen (secondary N) is 2. The normalized spacial score (nSPS) is 11.4. The number of aryl methyl sites for hydroxylation is 2. The number of amides is 3. The van der Waals surface area contributed by atoms with Crippen molar-refractivity contribution in [2.24, 2.45) is 4.99 Å². The summed E-state index contributed by atoms with van der Waals surface area (Å²) in [7, 11) is 0. The lowest BCUT2D eigenvalue weighted by atomic mass is 9.83. The van der Waals surface area contributed by atoms with Gasteiger partial charge in [0.05, 0.1) is 11.3 Å². The van der Waals surface area contributed by atoms with Crippen LogP contribution in [0.2, 0.25) is 5.02 Å². The van der Waals surface area contributed by atoms with Gasteiger partial charge in [0.15, 0.2) is 0 Å². The highest BCUT2D eigenvalue weighted by Crippen LogP contribution is 2.28. The van der Waals surface area contributed by atoms with E-state index in [2.05, 4.69) is 49.4 Å². The molecular formula is C46H59ClN4O11. The number of nitrogens with zero attached hydrogens (tertiary/aromatic N) is 2. The Balaban J connectivity index is 0.00000428. The van der Waals surface area contributed by atoms with Gasteiger partial charge in [-0.1, -0.05) is 56.6 Å². The maximum absolute atomic E-state index is 13.7. The van der Waals surface area contributed by atoms with Crippen molar-refractivity contribution in [1.82, 2.24) is 15.5 Å². The second-order valence-corrected chi connectivity index (χ2v) is 18.6. The maximum Gasteiger partial charge on any atom is 0.414 e. The van der Waals surface area contributed by atoms with E-state index in [-0.39, 0.29) is 66.4 Å². The van der Waals surface area contributed by atoms with E-state index in [0.717, 1.165) is 16.7 Å². The Hall–Kier alpha value is -6.05. The van der Waals surface area contributed by atoms with E-state index < -0.39 is 40.9 Å². The summed E-state index contributed by atoms with van der Waals surface area (Å²) in [6.45, 7) is 23.9. The number of ether oxygens (including phenoxy) is 4. The van der Waals surface area contributed by atoms with Crippen LogP contribution >= 0.6 is 11.6 Å². The number of rotatable bonds is 10. The number of hydrogen-bond donors (Lipinski definition) is 2. The second kappa shape index (κ2) is 22.2. The first kappa shape index (κ1) is 52.1. The van der Waals surface area contributed by atoms with Crippen molar-refractivity contribution in [3.05, 3.63) is 93.5 Å². The highest BCUT2D eigenvalue weighted by molar-refractivity contribution is 6.31. The Morgan fingerprint density at radius 3 is 1.74 bits per heavy atom. The lowest BCUT2D eigenvalue weighted by Gasteiger charge is -2.27. The Labute approximate surface area is 368 Å². The quantitative estimate of drug-likeness (QED) is 0.0649. The zero-order chi connectivity index (χ0) is 47.2. The first-order chi connectivity index (χ1) is 28.5. The molecule has 15 nitrogen and oxygen atoms in total. The number of halogens is 1. The van der Waals surface area contributed by atoms with E-state index in [0.29, 0.717) is 10.6 Å². The minimum absolute atomic E-state index is 0.0662. The fourth-order valence-electron chi connectivity index (χ4n) is 5.61. The van der Waals surface area contributed by atoms with Crippen molar-refractivity contribution in [2.45, 2.75) is 132 Å². The van der Waals surface area contributed by atoms with E-state index in [1.54, 1.807) is 74.4 Å². The zero-order valence-electron chi connectivity index (χ0n) is 37.9. The summed E-state index contributed by atoms with van der Waals surface area (Å²) < 4.78 is 21.7. The number of aliphatic imine (C=N–C) groups is 1. The molecule has 0 fully saturated rings. The summed E-state index contributed by atoms with van der Waals surface area (Å²) in [5.41, 5.74) is 1.90. The first-order valence-electron chi connectivity index (χ1n) is 19.8. The van der Waals surface area contributed by atoms with Gasteiger partial charge in [-0.05, 0) is 140 Å². The minimum Gasteiger partial charge on any atom is -0.459 e. The Bertz CT molecular complexity index is 2100. The fraction of sp³-hybridized carbons (Fsp3) is 0.457. The highest BCUT2D eigenvalue weighted by atomic mass is 35.5. The average molecular weight is 879 g/mol. The number of alkyl carbamates (subject to hydrolysis) is 2. The number of esters is 2. The summed E-state index contributed by atoms with van der Waals surface area (Å²) in [4.78, 5) is 86.6. The van der Waals surface area contributed by atoms with Crippen LogP contribution in [0, 0.1) is 6.92 Å². The largest absolute Gasteiger partial charge is 0.459 e. The van der Waals surface area contributed by atoms with Gasteiger partial charge in [0.25, 0.3) is 0 Å². The SMILES string of the molecule is Cc1ccc(CN(CC(=O)OC(C)(C)C)C(=O)CCc2ccc(OC(=O)c3ccc(N=C(NC(=O)OC(C)(C)C)NC(=O)OC(C)(C)C)cc3)cc2Cl)cc1C(C)(C)C.O=C=O. The molecule has 3 aromatic carbocycles. The molecule has 3 aromatic rings. The molecule has 0 aliphatic heterocycles. The molecule has 0 aromatic heterocycles. The molecule has 0 radical (unpaired) electrons. The minimum atomic E-state index is -0.850. The maximum atomic E-state index is 13.7. The zero-order valence-corrected chi connectivity index (χ0v) is 38.6. The van der Waals surface area contributed by atoms with Crippen molar-refractivity contribution in [2.75, 3.05) is 6.54 Å². The highest BCUT2D eigenvalue weighted by Gasteiger charge is 2.25. The van der Waals surface area contributed by atoms with Crippen LogP contribution in [0.1, 0.15) is 122 Å². The summed E-state index contributed by atoms with van der Waals surface area (Å²) >= 11 is 6.61. The van der Waals surface area contributed by atoms with Crippen molar-refractivity contribution in [3.8, 4) is 5.75 Å². The molecule has 0 aliphatic carbocycles. The lowest BCUT2D eigenvalue weighted by Crippen LogP contribution is -2.47. The van der Waals surface area contributed by atoms with Crippen LogP contribution < -0.4 is 15.4 Å². The van der Waals surface area contributed by atoms with Gasteiger partial charge in [-0.2, -0.15) is 9.59 Å². The van der Waals surface area contributed by atoms with Crippen LogP contribution in [-0.2, 0) is 51.8 Å². The molecule has 3 amide bonds. The molecule has 0 atom stereocenters. The van der Waals surface area contributed by atoms with E-state index in [1.165, 1.54) is 35.2 Å². The Kier molecular flexibility index (Phi) is 18.6. The van der Waals surface area contributed by atoms with Crippen molar-refractivity contribution < 1.29 is 52.5 Å². The molecule has 0 heterocycles. The number of hydrogen-bond acceptors (Lipinski definition) is 12. The van der Waals surface area contributed by atoms with Gasteiger partial charge >= 0.3 is 30.3 Å². The molecule has 336 valence electrons. The van der Waals surface area contributed by atoms with E-state index in [9.17, 15) is 24.0 Å². The smallest absolute Gasteiger partial charge is 0.414 e. The molecular weight excluding hydrogens is 820 g/mol. The van der Waals surface area contributed by atoms with Crippen molar-refractivity contribution in [3.63, 3.8) is 0 Å². The van der Waals surface area contributed by atoms with E-state index in [4.69, 9.17) is 40.1 Å². The first-order valence-corrected chi connectivity index (χ1v) is 20.1. The van der Waals surface area contributed by atoms with Crippen LogP contribution in [0.3, 0.4) is 0 Å². The molecule has 0 bridgehead atoms. The second-order valence-electron chi connectivity index (χ2n) is 18.2. The molecule has 0 aliphatic rings. The van der Waals surface area contributed by atoms with Crippen LogP contribution in [0.5, 0.6) is 5.75 Å². The summed E-state index contributed by atoms with van der Waals surface area (Å²) in [6.07, 6.45) is -1.11. The van der Waals surface area contributed by atoms with Gasteiger partial charge in [0, 0.05) is 18.0 Å². The molecule has 2 N–H and O–H groups in total. The molecule has 0 unspecified atom stereocenters. The topological polar surface area (TPSA) is 196 Å². The fourth-order valence-corrected chi connectivity index (χ4v) is 5.87. The van der Waals surface area contributed by atoms with Crippen molar-refractivity contribution in [1.29, 1.82) is 0 Å².